The summed E-state index contributed by atoms with van der Waals surface area (Å²) in [7, 11) is 1.57. The molecule has 2 rings (SSSR count). The fourth-order valence-corrected chi connectivity index (χ4v) is 2.57. The van der Waals surface area contributed by atoms with Gasteiger partial charge in [0.1, 0.15) is 0 Å². The lowest BCUT2D eigenvalue weighted by Gasteiger charge is -2.08. The number of anilines is 1. The Hall–Kier alpha value is -2.99. The molecule has 0 aromatic heterocycles. The molecule has 0 spiro atoms. The normalized spacial score (nSPS) is 10.6. The van der Waals surface area contributed by atoms with Crippen LogP contribution in [-0.4, -0.2) is 31.4 Å². The molecule has 2 aromatic carbocycles. The summed E-state index contributed by atoms with van der Waals surface area (Å²) in [5.41, 5.74) is 2.24. The van der Waals surface area contributed by atoms with Crippen LogP contribution < -0.4 is 5.32 Å². The largest absolute Gasteiger partial charge is 0.454 e. The van der Waals surface area contributed by atoms with Crippen LogP contribution in [0.5, 0.6) is 0 Å². The Morgan fingerprint density at radius 3 is 2.36 bits per heavy atom. The van der Waals surface area contributed by atoms with Crippen molar-refractivity contribution >= 4 is 23.3 Å². The van der Waals surface area contributed by atoms with Gasteiger partial charge in [0.05, 0.1) is 12.2 Å². The molecule has 2 aromatic rings. The maximum atomic E-state index is 12.2. The predicted octanol–water partition coefficient (Wildman–Crippen LogP) is 3.86. The fourth-order valence-electron chi connectivity index (χ4n) is 2.57. The number of nitrogens with one attached hydrogen (secondary N) is 1. The zero-order chi connectivity index (χ0) is 20.5. The average molecular weight is 383 g/mol. The number of methoxy groups -OCH3 is 1. The molecule has 148 valence electrons. The third kappa shape index (κ3) is 6.63. The van der Waals surface area contributed by atoms with Crippen LogP contribution in [0.3, 0.4) is 0 Å². The second-order valence-electron chi connectivity index (χ2n) is 6.86. The Balaban J connectivity index is 1.89. The number of esters is 1. The lowest BCUT2D eigenvalue weighted by atomic mass is 10.1. The molecular formula is C22H25NO5. The second kappa shape index (κ2) is 10.4. The highest BCUT2D eigenvalue weighted by atomic mass is 16.5. The van der Waals surface area contributed by atoms with Crippen LogP contribution in [0.1, 0.15) is 46.5 Å². The standard InChI is InChI=1S/C22H25NO5/c1-15(2)11-21(25)23-19-9-7-17(8-10-19)20(24)14-28-22(26)18-6-4-5-16(12-18)13-27-3/h4-10,12,15H,11,13-14H2,1-3H3,(H,23,25). The molecule has 28 heavy (non-hydrogen) atoms. The molecule has 0 heterocycles. The van der Waals surface area contributed by atoms with Crippen molar-refractivity contribution in [3.63, 3.8) is 0 Å². The van der Waals surface area contributed by atoms with E-state index in [0.717, 1.165) is 5.56 Å². The smallest absolute Gasteiger partial charge is 0.338 e. The van der Waals surface area contributed by atoms with E-state index in [-0.39, 0.29) is 24.2 Å². The monoisotopic (exact) mass is 383 g/mol. The van der Waals surface area contributed by atoms with E-state index in [1.807, 2.05) is 19.9 Å². The van der Waals surface area contributed by atoms with E-state index in [1.54, 1.807) is 49.6 Å². The van der Waals surface area contributed by atoms with Crippen LogP contribution in [0.25, 0.3) is 0 Å². The van der Waals surface area contributed by atoms with Crippen molar-refractivity contribution in [2.24, 2.45) is 5.92 Å². The molecule has 0 saturated carbocycles. The number of Topliss-reactive ketones (excluding diaryl/α,β-unsaturated/α-hetero) is 1. The molecular weight excluding hydrogens is 358 g/mol. The first-order valence-electron chi connectivity index (χ1n) is 9.07. The number of hydrogen-bond donors (Lipinski definition) is 1. The third-order valence-corrected chi connectivity index (χ3v) is 3.89. The highest BCUT2D eigenvalue weighted by molar-refractivity contribution is 6.00. The SMILES string of the molecule is COCc1cccc(C(=O)OCC(=O)c2ccc(NC(=O)CC(C)C)cc2)c1. The number of hydrogen-bond acceptors (Lipinski definition) is 5. The Morgan fingerprint density at radius 2 is 1.71 bits per heavy atom. The van der Waals surface area contributed by atoms with Crippen LogP contribution in [0.15, 0.2) is 48.5 Å². The van der Waals surface area contributed by atoms with Gasteiger partial charge < -0.3 is 14.8 Å². The molecule has 0 saturated heterocycles. The molecule has 0 fully saturated rings. The molecule has 0 aliphatic rings. The van der Waals surface area contributed by atoms with Gasteiger partial charge in [-0.25, -0.2) is 4.79 Å². The minimum atomic E-state index is -0.566. The number of ketones is 1. The summed E-state index contributed by atoms with van der Waals surface area (Å²) in [6.45, 7) is 3.97. The number of carbonyl (C=O) groups is 3. The van der Waals surface area contributed by atoms with Crippen molar-refractivity contribution in [1.82, 2.24) is 0 Å². The molecule has 0 unspecified atom stereocenters. The van der Waals surface area contributed by atoms with Crippen LogP contribution >= 0.6 is 0 Å². The number of ether oxygens (including phenoxy) is 2. The first-order chi connectivity index (χ1) is 13.4. The average Bonchev–Trinajstić information content (AvgIpc) is 2.66. The zero-order valence-corrected chi connectivity index (χ0v) is 16.4. The molecule has 0 bridgehead atoms. The Labute approximate surface area is 164 Å². The highest BCUT2D eigenvalue weighted by Gasteiger charge is 2.13. The van der Waals surface area contributed by atoms with Gasteiger partial charge >= 0.3 is 5.97 Å². The number of amides is 1. The van der Waals surface area contributed by atoms with Crippen molar-refractivity contribution in [3.05, 3.63) is 65.2 Å². The topological polar surface area (TPSA) is 81.7 Å². The summed E-state index contributed by atoms with van der Waals surface area (Å²) in [4.78, 5) is 36.2. The number of benzene rings is 2. The summed E-state index contributed by atoms with van der Waals surface area (Å²) in [6.07, 6.45) is 0.433. The van der Waals surface area contributed by atoms with E-state index in [9.17, 15) is 14.4 Å². The lowest BCUT2D eigenvalue weighted by Crippen LogP contribution is -2.15. The van der Waals surface area contributed by atoms with Gasteiger partial charge in [0.15, 0.2) is 12.4 Å². The highest BCUT2D eigenvalue weighted by Crippen LogP contribution is 2.13. The fraction of sp³-hybridized carbons (Fsp3) is 0.318. The van der Waals surface area contributed by atoms with Crippen molar-refractivity contribution < 1.29 is 23.9 Å². The summed E-state index contributed by atoms with van der Waals surface area (Å²) < 4.78 is 10.2. The maximum absolute atomic E-state index is 12.2. The number of carbonyl (C=O) groups excluding carboxylic acids is 3. The van der Waals surface area contributed by atoms with E-state index < -0.39 is 5.97 Å². The molecule has 0 radical (unpaired) electrons. The van der Waals surface area contributed by atoms with E-state index in [4.69, 9.17) is 9.47 Å². The molecule has 6 heteroatoms. The minimum absolute atomic E-state index is 0.0706. The molecule has 0 aliphatic heterocycles. The second-order valence-corrected chi connectivity index (χ2v) is 6.86. The zero-order valence-electron chi connectivity index (χ0n) is 16.4. The number of rotatable bonds is 9. The summed E-state index contributed by atoms with van der Waals surface area (Å²) in [6, 6.07) is 13.4. The summed E-state index contributed by atoms with van der Waals surface area (Å²) >= 11 is 0. The van der Waals surface area contributed by atoms with E-state index in [2.05, 4.69) is 5.32 Å². The van der Waals surface area contributed by atoms with Gasteiger partial charge in [0, 0.05) is 24.8 Å². The van der Waals surface area contributed by atoms with Crippen LogP contribution in [0.2, 0.25) is 0 Å². The first kappa shape index (κ1) is 21.3. The lowest BCUT2D eigenvalue weighted by molar-refractivity contribution is -0.116. The van der Waals surface area contributed by atoms with Crippen molar-refractivity contribution in [2.45, 2.75) is 26.9 Å². The van der Waals surface area contributed by atoms with E-state index in [0.29, 0.717) is 29.8 Å². The maximum Gasteiger partial charge on any atom is 0.338 e. The van der Waals surface area contributed by atoms with Gasteiger partial charge in [-0.05, 0) is 47.9 Å². The Morgan fingerprint density at radius 1 is 1.00 bits per heavy atom. The van der Waals surface area contributed by atoms with E-state index >= 15 is 0 Å². The first-order valence-corrected chi connectivity index (χ1v) is 9.07. The van der Waals surface area contributed by atoms with Crippen LogP contribution in [0.4, 0.5) is 5.69 Å². The van der Waals surface area contributed by atoms with E-state index in [1.165, 1.54) is 0 Å². The molecule has 1 N–H and O–H groups in total. The Bertz CT molecular complexity index is 827. The molecule has 0 atom stereocenters. The van der Waals surface area contributed by atoms with Crippen molar-refractivity contribution in [3.8, 4) is 0 Å². The minimum Gasteiger partial charge on any atom is -0.454 e. The van der Waals surface area contributed by atoms with Gasteiger partial charge in [0.2, 0.25) is 5.91 Å². The Kier molecular flexibility index (Phi) is 7.89. The summed E-state index contributed by atoms with van der Waals surface area (Å²) in [5.74, 6) is -0.685. The van der Waals surface area contributed by atoms with Gasteiger partial charge in [-0.15, -0.1) is 0 Å². The quantitative estimate of drug-likeness (QED) is 0.525. The van der Waals surface area contributed by atoms with Gasteiger partial charge in [-0.3, -0.25) is 9.59 Å². The van der Waals surface area contributed by atoms with Crippen LogP contribution in [-0.2, 0) is 20.9 Å². The summed E-state index contributed by atoms with van der Waals surface area (Å²) in [5, 5.41) is 2.78. The van der Waals surface area contributed by atoms with Gasteiger partial charge in [-0.1, -0.05) is 26.0 Å². The molecule has 0 aliphatic carbocycles. The van der Waals surface area contributed by atoms with Gasteiger partial charge in [-0.2, -0.15) is 0 Å². The molecule has 6 nitrogen and oxygen atoms in total. The van der Waals surface area contributed by atoms with Gasteiger partial charge in [0.25, 0.3) is 0 Å². The van der Waals surface area contributed by atoms with Crippen LogP contribution in [0, 0.1) is 5.92 Å². The van der Waals surface area contributed by atoms with Crippen molar-refractivity contribution in [2.75, 3.05) is 19.0 Å². The predicted molar refractivity (Wildman–Crippen MR) is 106 cm³/mol. The third-order valence-electron chi connectivity index (χ3n) is 3.89. The molecule has 1 amide bonds. The van der Waals surface area contributed by atoms with Crippen molar-refractivity contribution in [1.29, 1.82) is 0 Å².